The minimum atomic E-state index is -0.183. The molecule has 168 valence electrons. The van der Waals surface area contributed by atoms with E-state index in [0.717, 1.165) is 36.3 Å². The number of rotatable bonds is 8. The van der Waals surface area contributed by atoms with Crippen molar-refractivity contribution < 1.29 is 4.79 Å². The number of anilines is 2. The Morgan fingerprint density at radius 2 is 1.33 bits per heavy atom. The summed E-state index contributed by atoms with van der Waals surface area (Å²) in [6.07, 6.45) is 7.33. The summed E-state index contributed by atoms with van der Waals surface area (Å²) in [5, 5.41) is 2.86. The van der Waals surface area contributed by atoms with Crippen molar-refractivity contribution in [3.05, 3.63) is 120 Å². The third-order valence-electron chi connectivity index (χ3n) is 5.09. The first-order valence-corrected chi connectivity index (χ1v) is 10.4. The predicted molar refractivity (Wildman–Crippen MR) is 134 cm³/mol. The van der Waals surface area contributed by atoms with Gasteiger partial charge in [0, 0.05) is 50.0 Å². The van der Waals surface area contributed by atoms with Gasteiger partial charge in [-0.1, -0.05) is 36.4 Å². The first-order valence-electron chi connectivity index (χ1n) is 10.4. The van der Waals surface area contributed by atoms with E-state index in [-0.39, 0.29) is 18.3 Å². The molecule has 0 aliphatic rings. The fourth-order valence-corrected chi connectivity index (χ4v) is 3.49. The van der Waals surface area contributed by atoms with Crippen molar-refractivity contribution in [1.29, 1.82) is 0 Å². The number of pyridine rings is 2. The minimum absolute atomic E-state index is 0. The first-order chi connectivity index (χ1) is 15.7. The summed E-state index contributed by atoms with van der Waals surface area (Å²) < 4.78 is 0. The van der Waals surface area contributed by atoms with Crippen LogP contribution in [0.2, 0.25) is 0 Å². The van der Waals surface area contributed by atoms with Crippen LogP contribution in [0.1, 0.15) is 27.0 Å². The lowest BCUT2D eigenvalue weighted by Crippen LogP contribution is -2.22. The van der Waals surface area contributed by atoms with Gasteiger partial charge in [-0.2, -0.15) is 0 Å². The topological polar surface area (TPSA) is 84.1 Å². The van der Waals surface area contributed by atoms with E-state index in [1.165, 1.54) is 0 Å². The molecule has 3 N–H and O–H groups in total. The molecular formula is C26H26ClN5O. The highest BCUT2D eigenvalue weighted by Gasteiger charge is 2.11. The molecule has 33 heavy (non-hydrogen) atoms. The largest absolute Gasteiger partial charge is 0.397 e. The Balaban J connectivity index is 0.00000306. The summed E-state index contributed by atoms with van der Waals surface area (Å²) in [7, 11) is 0. The molecule has 0 aliphatic heterocycles. The molecule has 0 spiro atoms. The Bertz CT molecular complexity index is 1110. The quantitative estimate of drug-likeness (QED) is 0.365. The van der Waals surface area contributed by atoms with Crippen LogP contribution in [0.3, 0.4) is 0 Å². The van der Waals surface area contributed by atoms with Crippen molar-refractivity contribution in [3.8, 4) is 0 Å². The summed E-state index contributed by atoms with van der Waals surface area (Å²) in [5.74, 6) is -0.183. The van der Waals surface area contributed by atoms with E-state index in [2.05, 4.69) is 32.3 Å². The Hall–Kier alpha value is -3.74. The summed E-state index contributed by atoms with van der Waals surface area (Å²) in [5.41, 5.74) is 11.1. The van der Waals surface area contributed by atoms with Crippen LogP contribution in [0.25, 0.3) is 0 Å². The van der Waals surface area contributed by atoms with E-state index in [1.807, 2.05) is 60.9 Å². The average molecular weight is 460 g/mol. The molecule has 0 bridgehead atoms. The van der Waals surface area contributed by atoms with Gasteiger partial charge in [0.25, 0.3) is 5.91 Å². The van der Waals surface area contributed by atoms with Crippen LogP contribution in [-0.4, -0.2) is 20.8 Å². The van der Waals surface area contributed by atoms with Crippen LogP contribution in [0.4, 0.5) is 11.4 Å². The third-order valence-corrected chi connectivity index (χ3v) is 5.09. The zero-order valence-electron chi connectivity index (χ0n) is 18.1. The van der Waals surface area contributed by atoms with Gasteiger partial charge in [0.2, 0.25) is 0 Å². The van der Waals surface area contributed by atoms with Crippen LogP contribution >= 0.6 is 12.4 Å². The predicted octanol–water partition coefficient (Wildman–Crippen LogP) is 4.94. The molecule has 2 aromatic heterocycles. The monoisotopic (exact) mass is 459 g/mol. The molecule has 4 rings (SSSR count). The number of benzene rings is 2. The molecule has 2 aromatic carbocycles. The van der Waals surface area contributed by atoms with Crippen molar-refractivity contribution in [3.63, 3.8) is 0 Å². The number of para-hydroxylation sites is 2. The molecule has 0 radical (unpaired) electrons. The zero-order chi connectivity index (χ0) is 22.2. The Kier molecular flexibility index (Phi) is 8.52. The summed E-state index contributed by atoms with van der Waals surface area (Å²) in [6.45, 7) is 2.26. The standard InChI is InChI=1S/C26H25N5O.ClH/c27-24-7-1-2-8-25(24)30-26(32)23-11-9-20(10-12-23)17-31(18-21-5-3-13-28-15-21)19-22-6-4-14-29-16-22;/h1-16H,17-19,27H2,(H,30,32);1H. The molecule has 4 aromatic rings. The number of nitrogens with one attached hydrogen (secondary N) is 1. The van der Waals surface area contributed by atoms with Crippen molar-refractivity contribution in [2.45, 2.75) is 19.6 Å². The molecule has 0 aliphatic carbocycles. The molecule has 0 fully saturated rings. The zero-order valence-corrected chi connectivity index (χ0v) is 18.9. The molecule has 0 atom stereocenters. The van der Waals surface area contributed by atoms with Crippen LogP contribution < -0.4 is 11.1 Å². The third kappa shape index (κ3) is 6.87. The molecule has 2 heterocycles. The second-order valence-corrected chi connectivity index (χ2v) is 7.61. The maximum absolute atomic E-state index is 12.6. The van der Waals surface area contributed by atoms with Gasteiger partial charge >= 0.3 is 0 Å². The summed E-state index contributed by atoms with van der Waals surface area (Å²) in [6, 6.07) is 22.9. The van der Waals surface area contributed by atoms with Gasteiger partial charge in [0.1, 0.15) is 0 Å². The molecular weight excluding hydrogens is 434 g/mol. The molecule has 0 saturated carbocycles. The van der Waals surface area contributed by atoms with Crippen LogP contribution in [0, 0.1) is 0 Å². The van der Waals surface area contributed by atoms with Crippen LogP contribution in [0.5, 0.6) is 0 Å². The molecule has 6 nitrogen and oxygen atoms in total. The molecule has 1 amide bonds. The maximum Gasteiger partial charge on any atom is 0.255 e. The van der Waals surface area contributed by atoms with E-state index in [0.29, 0.717) is 16.9 Å². The average Bonchev–Trinajstić information content (AvgIpc) is 2.82. The lowest BCUT2D eigenvalue weighted by Gasteiger charge is -2.22. The highest BCUT2D eigenvalue weighted by atomic mass is 35.5. The Morgan fingerprint density at radius 1 is 0.758 bits per heavy atom. The summed E-state index contributed by atoms with van der Waals surface area (Å²) >= 11 is 0. The fourth-order valence-electron chi connectivity index (χ4n) is 3.49. The fraction of sp³-hybridized carbons (Fsp3) is 0.115. The number of aromatic nitrogens is 2. The second-order valence-electron chi connectivity index (χ2n) is 7.61. The number of amides is 1. The van der Waals surface area contributed by atoms with Crippen molar-refractivity contribution in [2.24, 2.45) is 0 Å². The van der Waals surface area contributed by atoms with E-state index in [9.17, 15) is 4.79 Å². The number of nitrogens with zero attached hydrogens (tertiary/aromatic N) is 3. The molecule has 0 unspecified atom stereocenters. The SMILES string of the molecule is Cl.Nc1ccccc1NC(=O)c1ccc(CN(Cc2cccnc2)Cc2cccnc2)cc1. The van der Waals surface area contributed by atoms with Gasteiger partial charge in [-0.25, -0.2) is 0 Å². The lowest BCUT2D eigenvalue weighted by molar-refractivity contribution is 0.102. The van der Waals surface area contributed by atoms with Crippen molar-refractivity contribution >= 4 is 29.7 Å². The highest BCUT2D eigenvalue weighted by molar-refractivity contribution is 6.05. The van der Waals surface area contributed by atoms with Crippen molar-refractivity contribution in [1.82, 2.24) is 14.9 Å². The number of carbonyl (C=O) groups is 1. The van der Waals surface area contributed by atoms with E-state index in [4.69, 9.17) is 5.73 Å². The lowest BCUT2D eigenvalue weighted by atomic mass is 10.1. The van der Waals surface area contributed by atoms with Crippen LogP contribution in [-0.2, 0) is 19.6 Å². The van der Waals surface area contributed by atoms with Gasteiger partial charge in [-0.05, 0) is 53.1 Å². The van der Waals surface area contributed by atoms with E-state index in [1.54, 1.807) is 24.5 Å². The van der Waals surface area contributed by atoms with E-state index >= 15 is 0 Å². The number of nitrogen functional groups attached to an aromatic ring is 1. The number of halogens is 1. The smallest absolute Gasteiger partial charge is 0.255 e. The normalized spacial score (nSPS) is 10.5. The van der Waals surface area contributed by atoms with Gasteiger partial charge in [0.15, 0.2) is 0 Å². The Labute approximate surface area is 199 Å². The first kappa shape index (κ1) is 23.9. The second kappa shape index (κ2) is 11.8. The van der Waals surface area contributed by atoms with Gasteiger partial charge in [-0.15, -0.1) is 12.4 Å². The molecule has 0 saturated heterocycles. The summed E-state index contributed by atoms with van der Waals surface area (Å²) in [4.78, 5) is 23.4. The number of carbonyl (C=O) groups excluding carboxylic acids is 1. The van der Waals surface area contributed by atoms with Gasteiger partial charge in [-0.3, -0.25) is 19.7 Å². The van der Waals surface area contributed by atoms with Gasteiger partial charge < -0.3 is 11.1 Å². The minimum Gasteiger partial charge on any atom is -0.397 e. The molecule has 7 heteroatoms. The Morgan fingerprint density at radius 3 is 1.88 bits per heavy atom. The van der Waals surface area contributed by atoms with E-state index < -0.39 is 0 Å². The number of hydrogen-bond acceptors (Lipinski definition) is 5. The number of hydrogen-bond donors (Lipinski definition) is 2. The number of nitrogens with two attached hydrogens (primary N) is 1. The maximum atomic E-state index is 12.6. The van der Waals surface area contributed by atoms with Gasteiger partial charge in [0.05, 0.1) is 11.4 Å². The van der Waals surface area contributed by atoms with Crippen LogP contribution in [0.15, 0.2) is 97.6 Å². The highest BCUT2D eigenvalue weighted by Crippen LogP contribution is 2.19. The van der Waals surface area contributed by atoms with Crippen molar-refractivity contribution in [2.75, 3.05) is 11.1 Å².